The van der Waals surface area contributed by atoms with Gasteiger partial charge in [-0.3, -0.25) is 14.4 Å². The zero-order chi connectivity index (χ0) is 65.7. The number of benzene rings is 3. The molecule has 21 heteroatoms. The lowest BCUT2D eigenvalue weighted by Crippen LogP contribution is -2.44. The summed E-state index contributed by atoms with van der Waals surface area (Å²) in [7, 11) is 8.62. The van der Waals surface area contributed by atoms with Crippen molar-refractivity contribution in [3.05, 3.63) is 120 Å². The van der Waals surface area contributed by atoms with E-state index in [-0.39, 0.29) is 83.5 Å². The van der Waals surface area contributed by atoms with Gasteiger partial charge in [0.15, 0.2) is 0 Å². The van der Waals surface area contributed by atoms with E-state index in [2.05, 4.69) is 149 Å². The summed E-state index contributed by atoms with van der Waals surface area (Å²) in [6.45, 7) is 30.6. The molecule has 3 aliphatic carbocycles. The van der Waals surface area contributed by atoms with Crippen molar-refractivity contribution in [3.8, 4) is 0 Å². The number of halogens is 3. The lowest BCUT2D eigenvalue weighted by molar-refractivity contribution is -0.146. The first-order valence-corrected chi connectivity index (χ1v) is 32.6. The fraction of sp³-hybridized carbons (Fsp3) is 0.591. The van der Waals surface area contributed by atoms with Crippen LogP contribution in [0.2, 0.25) is 0 Å². The van der Waals surface area contributed by atoms with Gasteiger partial charge in [0.05, 0.1) is 83.9 Å². The normalized spacial score (nSPS) is 22.8. The smallest absolute Gasteiger partial charge is 0.469 e. The number of carbonyl (C=O) groups is 3. The number of methoxy groups -OCH3 is 3. The molecular formula is C66H95B4Br2IO14. The lowest BCUT2D eigenvalue weighted by Gasteiger charge is -2.32. The molecule has 0 saturated carbocycles. The third-order valence-electron chi connectivity index (χ3n) is 18.0. The van der Waals surface area contributed by atoms with Crippen molar-refractivity contribution < 1.29 is 66.7 Å². The molecule has 3 aliphatic heterocycles. The molecule has 0 spiro atoms. The van der Waals surface area contributed by atoms with E-state index in [1.165, 1.54) is 47.2 Å². The van der Waals surface area contributed by atoms with Crippen molar-refractivity contribution in [2.45, 2.75) is 213 Å². The minimum Gasteiger partial charge on any atom is -0.469 e. The minimum absolute atomic E-state index is 0.00206. The van der Waals surface area contributed by atoms with Gasteiger partial charge in [-0.25, -0.2) is 0 Å². The highest BCUT2D eigenvalue weighted by Gasteiger charge is 2.53. The molecular weight excluding hydrogens is 1350 g/mol. The molecule has 476 valence electrons. The Balaban J connectivity index is 0.000000235. The topological polar surface area (TPSA) is 175 Å². The number of carbonyl (C=O) groups excluding carboxylic acids is 3. The predicted molar refractivity (Wildman–Crippen MR) is 366 cm³/mol. The first kappa shape index (κ1) is 76.4. The Morgan fingerprint density at radius 3 is 1.06 bits per heavy atom. The highest BCUT2D eigenvalue weighted by Crippen LogP contribution is 2.42. The summed E-state index contributed by atoms with van der Waals surface area (Å²) >= 11 is 9.04. The molecule has 0 aromatic heterocycles. The van der Waals surface area contributed by atoms with Gasteiger partial charge < -0.3 is 52.3 Å². The summed E-state index contributed by atoms with van der Waals surface area (Å²) < 4.78 is 52.8. The first-order chi connectivity index (χ1) is 40.1. The molecule has 3 heterocycles. The van der Waals surface area contributed by atoms with Gasteiger partial charge in [0.25, 0.3) is 0 Å². The fourth-order valence-corrected chi connectivity index (χ4v) is 10.1. The van der Waals surface area contributed by atoms with Crippen molar-refractivity contribution >= 4 is 118 Å². The van der Waals surface area contributed by atoms with Crippen LogP contribution in [0.15, 0.2) is 105 Å². The molecule has 3 saturated heterocycles. The zero-order valence-electron chi connectivity index (χ0n) is 55.0. The van der Waals surface area contributed by atoms with Gasteiger partial charge in [0.1, 0.15) is 7.74 Å². The van der Waals surface area contributed by atoms with Crippen LogP contribution in [0.4, 0.5) is 0 Å². The summed E-state index contributed by atoms with van der Waals surface area (Å²) in [6, 6.07) is 24.9. The zero-order valence-corrected chi connectivity index (χ0v) is 60.3. The Bertz CT molecular complexity index is 2740. The van der Waals surface area contributed by atoms with E-state index in [0.29, 0.717) is 6.42 Å². The number of rotatable bonds is 8. The molecule has 3 aromatic carbocycles. The predicted octanol–water partition coefficient (Wildman–Crippen LogP) is 14.0. The molecule has 9 rings (SSSR count). The van der Waals surface area contributed by atoms with Gasteiger partial charge in [0.2, 0.25) is 0 Å². The highest BCUT2D eigenvalue weighted by molar-refractivity contribution is 14.1. The van der Waals surface area contributed by atoms with E-state index < -0.39 is 18.2 Å². The summed E-state index contributed by atoms with van der Waals surface area (Å²) in [6.07, 6.45) is 13.9. The van der Waals surface area contributed by atoms with Gasteiger partial charge in [-0.15, -0.1) is 0 Å². The number of aliphatic hydroxyl groups is 2. The van der Waals surface area contributed by atoms with Gasteiger partial charge >= 0.3 is 39.2 Å². The standard InChI is InChI=1S/C20H27BO4.C14H23BO4.C14H15BrO2.C6H12B2O2.C6H4BrI.C6H14O2/c1-19(2)20(3,4)25-21(24-19)17-12-10-15(11-13-17)14-6-8-16(9-7-14)18(22)23-5;1-13(2)14(3,4)19-15(18-13)11-8-6-10(7-9-11)12(16)17-5;1-17-14(16)12-4-2-10(3-5-12)11-6-8-13(15)9-7-11;1-5(2)6(3,4)10-8(7)9-5;7-5-1-3-6(8)4-2-5;1-5(2,7)6(3,4)8/h6,10-13,16H,7-9H2,1-5H3;8,10H,6-7,9H2,1-5H3;2,6-9,12H,3-5H2,1H3;1-4H3;1-4H;7-8H,1-4H3. The fourth-order valence-electron chi connectivity index (χ4n) is 9.21. The Kier molecular flexibility index (Phi) is 28.1. The van der Waals surface area contributed by atoms with Crippen LogP contribution in [-0.2, 0) is 56.5 Å². The first-order valence-electron chi connectivity index (χ1n) is 29.9. The van der Waals surface area contributed by atoms with Crippen molar-refractivity contribution in [1.82, 2.24) is 0 Å². The SMILES string of the molecule is Brc1ccc(I)cc1.CC(C)(O)C(C)(C)O.COC(=O)C1CC=C(B2OC(C)(C)C(C)(C)O2)CC1.COC(=O)C1CC=C(c2ccc(B3OC(C)(C)C(C)(C)O3)cc2)CC1.COC(=O)C1CC=C(c2ccc(Br)cc2)CC1.[B]B1OC(C)(C)C(C)(C)O1. The van der Waals surface area contributed by atoms with E-state index >= 15 is 0 Å². The van der Waals surface area contributed by atoms with Crippen molar-refractivity contribution in [2.24, 2.45) is 17.8 Å². The Labute approximate surface area is 553 Å². The number of ether oxygens (including phenoxy) is 3. The van der Waals surface area contributed by atoms with E-state index in [9.17, 15) is 14.4 Å². The van der Waals surface area contributed by atoms with E-state index in [4.69, 9.17) is 60.1 Å². The van der Waals surface area contributed by atoms with E-state index in [1.807, 2.05) is 79.7 Å². The monoisotopic (exact) mass is 1440 g/mol. The van der Waals surface area contributed by atoms with E-state index in [1.54, 1.807) is 27.7 Å². The molecule has 0 bridgehead atoms. The number of esters is 3. The van der Waals surface area contributed by atoms with Crippen LogP contribution in [0.5, 0.6) is 0 Å². The largest absolute Gasteiger partial charge is 0.494 e. The quantitative estimate of drug-likeness (QED) is 0.0943. The summed E-state index contributed by atoms with van der Waals surface area (Å²) in [5.41, 5.74) is 3.40. The van der Waals surface area contributed by atoms with Gasteiger partial charge in [-0.2, -0.15) is 0 Å². The number of hydrogen-bond donors (Lipinski definition) is 2. The molecule has 87 heavy (non-hydrogen) atoms. The maximum Gasteiger partial charge on any atom is 0.494 e. The van der Waals surface area contributed by atoms with Crippen LogP contribution in [0, 0.1) is 21.3 Å². The average Bonchev–Trinajstić information content (AvgIpc) is 1.75. The van der Waals surface area contributed by atoms with Gasteiger partial charge in [-0.05, 0) is 261 Å². The second kappa shape index (κ2) is 32.0. The van der Waals surface area contributed by atoms with Crippen LogP contribution in [0.25, 0.3) is 11.1 Å². The average molecular weight is 1440 g/mol. The maximum atomic E-state index is 11.6. The molecule has 3 atom stereocenters. The van der Waals surface area contributed by atoms with Crippen LogP contribution < -0.4 is 5.46 Å². The Morgan fingerprint density at radius 2 is 0.793 bits per heavy atom. The van der Waals surface area contributed by atoms with Crippen molar-refractivity contribution in [3.63, 3.8) is 0 Å². The molecule has 3 unspecified atom stereocenters. The lowest BCUT2D eigenvalue weighted by atomic mass is 9.63. The van der Waals surface area contributed by atoms with Crippen LogP contribution in [0.3, 0.4) is 0 Å². The Hall–Kier alpha value is -3.08. The third-order valence-corrected chi connectivity index (χ3v) is 19.8. The second-order valence-corrected chi connectivity index (χ2v) is 29.8. The maximum absolute atomic E-state index is 11.6. The Morgan fingerprint density at radius 1 is 0.494 bits per heavy atom. The van der Waals surface area contributed by atoms with Crippen LogP contribution in [-0.4, -0.2) is 123 Å². The minimum atomic E-state index is -1.01. The molecule has 6 aliphatic rings. The van der Waals surface area contributed by atoms with Crippen LogP contribution >= 0.6 is 54.5 Å². The molecule has 2 N–H and O–H groups in total. The number of allylic oxidation sites excluding steroid dienone is 6. The summed E-state index contributed by atoms with van der Waals surface area (Å²) in [4.78, 5) is 34.5. The van der Waals surface area contributed by atoms with Crippen LogP contribution in [0.1, 0.15) is 180 Å². The second-order valence-electron chi connectivity index (χ2n) is 26.7. The van der Waals surface area contributed by atoms with E-state index in [0.717, 1.165) is 71.2 Å². The summed E-state index contributed by atoms with van der Waals surface area (Å²) in [5.74, 6) is -0.292. The number of hydrogen-bond acceptors (Lipinski definition) is 14. The van der Waals surface area contributed by atoms with Gasteiger partial charge in [-0.1, -0.05) is 86.5 Å². The van der Waals surface area contributed by atoms with Crippen molar-refractivity contribution in [2.75, 3.05) is 21.3 Å². The third kappa shape index (κ3) is 22.1. The molecule has 3 aromatic rings. The molecule has 2 radical (unpaired) electrons. The molecule has 3 fully saturated rings. The van der Waals surface area contributed by atoms with Crippen molar-refractivity contribution in [1.29, 1.82) is 0 Å². The molecule has 0 amide bonds. The van der Waals surface area contributed by atoms with Gasteiger partial charge in [0, 0.05) is 12.5 Å². The highest BCUT2D eigenvalue weighted by atomic mass is 127. The molecule has 14 nitrogen and oxygen atoms in total. The summed E-state index contributed by atoms with van der Waals surface area (Å²) in [5, 5.41) is 18.2.